The Balaban J connectivity index is 0.00000432. The van der Waals surface area contributed by atoms with Crippen LogP contribution in [0.5, 0.6) is 0 Å². The third kappa shape index (κ3) is 10.5. The summed E-state index contributed by atoms with van der Waals surface area (Å²) in [5, 5.41) is 7.52. The van der Waals surface area contributed by atoms with Crippen LogP contribution in [0.2, 0.25) is 0 Å². The van der Waals surface area contributed by atoms with Gasteiger partial charge in [-0.1, -0.05) is 70.2 Å². The summed E-state index contributed by atoms with van der Waals surface area (Å²) in [6.45, 7) is 13.6. The van der Waals surface area contributed by atoms with E-state index in [-0.39, 0.29) is 41.9 Å². The number of rotatable bonds is 14. The van der Waals surface area contributed by atoms with Crippen molar-refractivity contribution in [3.05, 3.63) is 88.7 Å². The van der Waals surface area contributed by atoms with Crippen molar-refractivity contribution in [1.82, 2.24) is 9.88 Å². The molecule has 204 valence electrons. The summed E-state index contributed by atoms with van der Waals surface area (Å²) < 4.78 is 0. The molecular weight excluding hydrogens is 543 g/mol. The molecule has 3 aromatic rings. The van der Waals surface area contributed by atoms with E-state index < -0.39 is 0 Å². The fraction of sp³-hybridized carbons (Fsp3) is 0.433. The molecule has 0 aliphatic heterocycles. The van der Waals surface area contributed by atoms with Gasteiger partial charge in [0.1, 0.15) is 0 Å². The monoisotopic (exact) mass is 584 g/mol. The first kappa shape index (κ1) is 35.2. The van der Waals surface area contributed by atoms with Gasteiger partial charge in [-0.05, 0) is 60.1 Å². The number of nitrogens with zero attached hydrogens (tertiary/aromatic N) is 2. The number of para-hydroxylation sites is 2. The van der Waals surface area contributed by atoms with Gasteiger partial charge in [-0.2, -0.15) is 0 Å². The Morgan fingerprint density at radius 3 is 1.41 bits per heavy atom. The molecule has 4 nitrogen and oxygen atoms in total. The maximum Gasteiger partial charge on any atom is 2.00 e. The van der Waals surface area contributed by atoms with Crippen molar-refractivity contribution in [2.24, 2.45) is 0 Å². The largest absolute Gasteiger partial charge is 2.00 e. The molecule has 2 aromatic carbocycles. The van der Waals surface area contributed by atoms with Crippen LogP contribution in [0.1, 0.15) is 55.6 Å². The van der Waals surface area contributed by atoms with Gasteiger partial charge < -0.3 is 35.4 Å². The Labute approximate surface area is 247 Å². The second-order valence-corrected chi connectivity index (χ2v) is 8.77. The minimum Gasteiger partial charge on any atom is -1.00 e. The summed E-state index contributed by atoms with van der Waals surface area (Å²) in [5.74, 6) is 0. The summed E-state index contributed by atoms with van der Waals surface area (Å²) in [5.41, 5.74) is 9.39. The van der Waals surface area contributed by atoms with Crippen LogP contribution in [0.4, 0.5) is 11.4 Å². The number of nitrogens with one attached hydrogen (secondary N) is 2. The van der Waals surface area contributed by atoms with Crippen molar-refractivity contribution < 1.29 is 41.9 Å². The zero-order valence-electron chi connectivity index (χ0n) is 22.6. The maximum absolute atomic E-state index is 4.58. The molecule has 0 aliphatic carbocycles. The molecule has 1 aromatic heterocycles. The van der Waals surface area contributed by atoms with Gasteiger partial charge in [0, 0.05) is 50.3 Å². The van der Waals surface area contributed by atoms with Gasteiger partial charge in [0.05, 0.1) is 5.69 Å². The Kier molecular flexibility index (Phi) is 18.4. The number of hydrogen-bond acceptors (Lipinski definition) is 4. The zero-order valence-corrected chi connectivity index (χ0v) is 25.3. The van der Waals surface area contributed by atoms with E-state index in [2.05, 4.69) is 96.7 Å². The van der Waals surface area contributed by atoms with E-state index in [0.29, 0.717) is 0 Å². The second kappa shape index (κ2) is 19.3. The predicted molar refractivity (Wildman–Crippen MR) is 147 cm³/mol. The van der Waals surface area contributed by atoms with Crippen LogP contribution >= 0.6 is 0 Å². The van der Waals surface area contributed by atoms with Gasteiger partial charge in [-0.25, -0.2) is 0 Å². The van der Waals surface area contributed by atoms with Crippen LogP contribution in [0.25, 0.3) is 0 Å². The average Bonchev–Trinajstić information content (AvgIpc) is 2.89. The molecule has 0 radical (unpaired) electrons. The van der Waals surface area contributed by atoms with Crippen LogP contribution < -0.4 is 35.4 Å². The Hall–Kier alpha value is -1.75. The van der Waals surface area contributed by atoms with Crippen LogP contribution in [0.3, 0.4) is 0 Å². The quantitative estimate of drug-likeness (QED) is 0.269. The van der Waals surface area contributed by atoms with E-state index in [1.54, 1.807) is 0 Å². The van der Waals surface area contributed by atoms with Crippen LogP contribution in [-0.4, -0.2) is 36.1 Å². The summed E-state index contributed by atoms with van der Waals surface area (Å²) in [6.07, 6.45) is 6.09. The van der Waals surface area contributed by atoms with Gasteiger partial charge in [0.25, 0.3) is 0 Å². The molecule has 7 heteroatoms. The molecule has 0 fully saturated rings. The summed E-state index contributed by atoms with van der Waals surface area (Å²) in [6, 6.07) is 19.5. The van der Waals surface area contributed by atoms with Crippen LogP contribution in [0.15, 0.2) is 60.8 Å². The summed E-state index contributed by atoms with van der Waals surface area (Å²) in [7, 11) is 0. The molecule has 0 atom stereocenters. The number of anilines is 2. The first-order chi connectivity index (χ1) is 16.7. The molecule has 0 unspecified atom stereocenters. The van der Waals surface area contributed by atoms with Crippen molar-refractivity contribution in [3.8, 4) is 0 Å². The molecule has 2 N–H and O–H groups in total. The van der Waals surface area contributed by atoms with E-state index in [9.17, 15) is 0 Å². The fourth-order valence-corrected chi connectivity index (χ4v) is 4.61. The van der Waals surface area contributed by atoms with E-state index in [4.69, 9.17) is 0 Å². The van der Waals surface area contributed by atoms with Crippen molar-refractivity contribution in [1.29, 1.82) is 0 Å². The standard InChI is InChI=1S/C30H42N4.2ClH.Fe/c1-5-24-13-11-14-25(6-2)29(24)32-19-21-34(23-28-17-9-10-18-31-28)22-20-33-30-26(7-3)15-12-16-27(30)8-4;;;/h9-18,32-33H,5-8,19-23H2,1-4H3;2*1H;/q;;;+2/p-2. The molecule has 0 aliphatic rings. The van der Waals surface area contributed by atoms with E-state index in [1.165, 1.54) is 33.6 Å². The number of hydrogen-bond donors (Lipinski definition) is 2. The number of pyridine rings is 1. The van der Waals surface area contributed by atoms with Crippen molar-refractivity contribution in [2.45, 2.75) is 59.9 Å². The molecule has 1 heterocycles. The molecule has 3 rings (SSSR count). The number of halogens is 2. The maximum atomic E-state index is 4.58. The Morgan fingerprint density at radius 1 is 0.622 bits per heavy atom. The summed E-state index contributed by atoms with van der Waals surface area (Å²) >= 11 is 0. The minimum atomic E-state index is 0. The minimum absolute atomic E-state index is 0. The topological polar surface area (TPSA) is 40.2 Å². The van der Waals surface area contributed by atoms with Crippen molar-refractivity contribution in [2.75, 3.05) is 36.8 Å². The Bertz CT molecular complexity index is 912. The average molecular weight is 585 g/mol. The molecule has 0 bridgehead atoms. The summed E-state index contributed by atoms with van der Waals surface area (Å²) in [4.78, 5) is 7.08. The van der Waals surface area contributed by atoms with Crippen LogP contribution in [0, 0.1) is 0 Å². The molecule has 0 saturated carbocycles. The molecule has 0 spiro atoms. The predicted octanol–water partition coefficient (Wildman–Crippen LogP) is 0.363. The van der Waals surface area contributed by atoms with E-state index in [0.717, 1.165) is 64.1 Å². The third-order valence-electron chi connectivity index (χ3n) is 6.57. The second-order valence-electron chi connectivity index (χ2n) is 8.77. The SMILES string of the molecule is CCc1cccc(CC)c1NCCN(CCNc1c(CC)cccc1CC)Cc1ccccn1.[Cl-].[Cl-].[Fe+2]. The number of benzene rings is 2. The molecule has 37 heavy (non-hydrogen) atoms. The smallest absolute Gasteiger partial charge is 1.00 e. The van der Waals surface area contributed by atoms with E-state index in [1.807, 2.05) is 12.3 Å². The van der Waals surface area contributed by atoms with Gasteiger partial charge in [-0.15, -0.1) is 0 Å². The first-order valence-corrected chi connectivity index (χ1v) is 13.0. The Morgan fingerprint density at radius 2 is 1.05 bits per heavy atom. The van der Waals surface area contributed by atoms with Crippen molar-refractivity contribution in [3.63, 3.8) is 0 Å². The van der Waals surface area contributed by atoms with Gasteiger partial charge in [0.2, 0.25) is 0 Å². The first-order valence-electron chi connectivity index (χ1n) is 13.0. The van der Waals surface area contributed by atoms with Gasteiger partial charge in [0.15, 0.2) is 0 Å². The van der Waals surface area contributed by atoms with Gasteiger partial charge in [-0.3, -0.25) is 9.88 Å². The van der Waals surface area contributed by atoms with E-state index >= 15 is 0 Å². The van der Waals surface area contributed by atoms with Crippen LogP contribution in [-0.2, 0) is 49.3 Å². The zero-order chi connectivity index (χ0) is 24.2. The fourth-order valence-electron chi connectivity index (χ4n) is 4.61. The third-order valence-corrected chi connectivity index (χ3v) is 6.57. The normalized spacial score (nSPS) is 10.2. The molecular formula is C30H42Cl2FeN4. The molecule has 0 saturated heterocycles. The van der Waals surface area contributed by atoms with Crippen molar-refractivity contribution >= 4 is 11.4 Å². The number of aromatic nitrogens is 1. The van der Waals surface area contributed by atoms with Gasteiger partial charge >= 0.3 is 17.1 Å². The molecule has 0 amide bonds. The number of aryl methyl sites for hydroxylation is 4.